The van der Waals surface area contributed by atoms with Crippen LogP contribution in [0.4, 0.5) is 20.8 Å². The number of fused-ring (bicyclic) bond motifs is 2. The summed E-state index contributed by atoms with van der Waals surface area (Å²) >= 11 is 1.51. The Morgan fingerprint density at radius 1 is 0.780 bits per heavy atom. The first-order valence-corrected chi connectivity index (χ1v) is 17.1. The van der Waals surface area contributed by atoms with E-state index in [1.807, 2.05) is 66.7 Å². The number of halogens is 1. The molecule has 0 atom stereocenters. The second kappa shape index (κ2) is 10.4. The molecule has 3 nitrogen and oxygen atoms in total. The highest BCUT2D eigenvalue weighted by molar-refractivity contribution is 7.17. The molecular weight excluding hydrogens is 546 g/mol. The van der Waals surface area contributed by atoms with Gasteiger partial charge in [0.25, 0.3) is 0 Å². The Labute approximate surface area is 244 Å². The van der Waals surface area contributed by atoms with Gasteiger partial charge in [0.1, 0.15) is 10.8 Å². The van der Waals surface area contributed by atoms with Gasteiger partial charge in [-0.3, -0.25) is 9.59 Å². The van der Waals surface area contributed by atoms with Gasteiger partial charge in [-0.25, -0.2) is 4.39 Å². The Bertz CT molecular complexity index is 1830. The van der Waals surface area contributed by atoms with Crippen molar-refractivity contribution in [2.45, 2.75) is 31.9 Å². The molecule has 5 aromatic rings. The molecule has 1 saturated heterocycles. The van der Waals surface area contributed by atoms with Crippen molar-refractivity contribution in [1.82, 2.24) is 0 Å². The third-order valence-electron chi connectivity index (χ3n) is 8.37. The Kier molecular flexibility index (Phi) is 6.52. The van der Waals surface area contributed by atoms with Crippen LogP contribution in [0.25, 0.3) is 16.8 Å². The van der Waals surface area contributed by atoms with Crippen LogP contribution in [-0.2, 0) is 0 Å². The number of rotatable bonds is 5. The van der Waals surface area contributed by atoms with Gasteiger partial charge >= 0.3 is 0 Å². The smallest absolute Gasteiger partial charge is 0.197 e. The molecule has 41 heavy (non-hydrogen) atoms. The molecule has 6 heteroatoms. The van der Waals surface area contributed by atoms with E-state index in [2.05, 4.69) is 24.0 Å². The summed E-state index contributed by atoms with van der Waals surface area (Å²) in [7, 11) is -1.21. The van der Waals surface area contributed by atoms with Crippen LogP contribution in [0.1, 0.15) is 44.0 Å². The molecule has 202 valence electrons. The summed E-state index contributed by atoms with van der Waals surface area (Å²) in [6.07, 6.45) is 4.21. The zero-order chi connectivity index (χ0) is 28.1. The monoisotopic (exact) mass is 573 g/mol. The Morgan fingerprint density at radius 2 is 1.44 bits per heavy atom. The van der Waals surface area contributed by atoms with E-state index in [1.165, 1.54) is 41.5 Å². The first-order valence-electron chi connectivity index (χ1n) is 14.1. The maximum atomic E-state index is 14.8. The highest BCUT2D eigenvalue weighted by Gasteiger charge is 2.34. The lowest BCUT2D eigenvalue weighted by Gasteiger charge is -2.29. The van der Waals surface area contributed by atoms with Crippen molar-refractivity contribution in [3.8, 4) is 0 Å². The Morgan fingerprint density at radius 3 is 2.12 bits per heavy atom. The zero-order valence-electron chi connectivity index (χ0n) is 22.7. The first-order chi connectivity index (χ1) is 20.0. The van der Waals surface area contributed by atoms with E-state index >= 15 is 0 Å². The van der Waals surface area contributed by atoms with Crippen LogP contribution in [0.3, 0.4) is 0 Å². The summed E-state index contributed by atoms with van der Waals surface area (Å²) < 4.78 is 14.8. The number of carbonyl (C=O) groups excluding carboxylic acids is 2. The van der Waals surface area contributed by atoms with Crippen molar-refractivity contribution in [1.29, 1.82) is 0 Å². The van der Waals surface area contributed by atoms with E-state index < -0.39 is 8.80 Å². The summed E-state index contributed by atoms with van der Waals surface area (Å²) in [4.78, 5) is 29.7. The van der Waals surface area contributed by atoms with Gasteiger partial charge in [0, 0.05) is 27.4 Å². The molecule has 7 rings (SSSR count). The number of benzene rings is 4. The maximum absolute atomic E-state index is 14.8. The summed E-state index contributed by atoms with van der Waals surface area (Å²) in [5.74, 6) is -0.720. The molecule has 1 aliphatic carbocycles. The number of thiophene rings is 1. The quantitative estimate of drug-likeness (QED) is 0.120. The summed E-state index contributed by atoms with van der Waals surface area (Å²) in [5.41, 5.74) is 4.11. The summed E-state index contributed by atoms with van der Waals surface area (Å²) in [5, 5.41) is 4.10. The number of carbonyl (C=O) groups is 2. The van der Waals surface area contributed by atoms with Crippen LogP contribution in [0.5, 0.6) is 0 Å². The molecule has 0 saturated carbocycles. The van der Waals surface area contributed by atoms with Crippen molar-refractivity contribution in [2.24, 2.45) is 0 Å². The summed E-state index contributed by atoms with van der Waals surface area (Å²) in [6.45, 7) is 2.07. The molecule has 0 radical (unpaired) electrons. The van der Waals surface area contributed by atoms with Crippen LogP contribution >= 0.6 is 11.3 Å². The Balaban J connectivity index is 1.32. The number of aryl methyl sites for hydroxylation is 1. The molecule has 1 aliphatic heterocycles. The van der Waals surface area contributed by atoms with Crippen LogP contribution in [-0.4, -0.2) is 20.4 Å². The van der Waals surface area contributed by atoms with E-state index in [0.717, 1.165) is 37.6 Å². The summed E-state index contributed by atoms with van der Waals surface area (Å²) in [6, 6.07) is 31.3. The Hall–Kier alpha value is -4.13. The van der Waals surface area contributed by atoms with Gasteiger partial charge < -0.3 is 4.90 Å². The van der Waals surface area contributed by atoms with Gasteiger partial charge in [0.15, 0.2) is 11.6 Å². The predicted octanol–water partition coefficient (Wildman–Crippen LogP) is 8.51. The second-order valence-corrected chi connectivity index (χ2v) is 15.2. The minimum absolute atomic E-state index is 0.191. The van der Waals surface area contributed by atoms with Crippen LogP contribution in [0, 0.1) is 12.7 Å². The fraction of sp³-hybridized carbons (Fsp3) is 0.143. The van der Waals surface area contributed by atoms with E-state index in [1.54, 1.807) is 18.2 Å². The molecule has 4 aromatic carbocycles. The second-order valence-electron chi connectivity index (χ2n) is 10.9. The van der Waals surface area contributed by atoms with Crippen molar-refractivity contribution in [3.63, 3.8) is 0 Å². The number of para-hydroxylation sites is 1. The number of anilines is 3. The van der Waals surface area contributed by atoms with Crippen molar-refractivity contribution in [3.05, 3.63) is 124 Å². The molecule has 2 heterocycles. The van der Waals surface area contributed by atoms with Crippen molar-refractivity contribution < 1.29 is 14.0 Å². The average Bonchev–Trinajstić information content (AvgIpc) is 3.73. The fourth-order valence-corrected chi connectivity index (χ4v) is 10.7. The molecule has 1 fully saturated rings. The number of Topliss-reactive ketones (excluding diaryl/α,β-unsaturated/α-hetero) is 2. The molecular formula is C35H28FNO2SSi. The molecule has 1 aromatic heterocycles. The highest BCUT2D eigenvalue weighted by Crippen LogP contribution is 2.42. The normalized spacial score (nSPS) is 15.1. The highest BCUT2D eigenvalue weighted by atomic mass is 32.1. The topological polar surface area (TPSA) is 37.4 Å². The van der Waals surface area contributed by atoms with Gasteiger partial charge in [0.05, 0.1) is 14.4 Å². The minimum atomic E-state index is -1.21. The minimum Gasteiger partial charge on any atom is -0.302 e. The largest absolute Gasteiger partial charge is 0.302 e. The van der Waals surface area contributed by atoms with E-state index in [0.29, 0.717) is 11.1 Å². The zero-order valence-corrected chi connectivity index (χ0v) is 24.7. The SMILES string of the molecule is Cc1ccccc1N(c1ccc(C=C2C(=O)c3cc4ccccc4cc3C2=O)s1)c1cc(F)ccc1[SiH]1CCCC1. The lowest BCUT2D eigenvalue weighted by molar-refractivity contribution is 0.0990. The van der Waals surface area contributed by atoms with Gasteiger partial charge in [-0.15, -0.1) is 11.3 Å². The standard InChI is InChI=1S/C35H28FNO2SSi/c1-22-8-2-5-11-30(22)37(31-20-25(36)12-14-32(31)41-16-6-7-17-41)33-15-13-26(40-33)21-29-34(38)27-18-23-9-3-4-10-24(23)19-28(27)35(29)39/h2-5,8-15,18-21,41H,6-7,16-17H2,1H3. The number of ketones is 2. The lowest BCUT2D eigenvalue weighted by Crippen LogP contribution is -2.31. The van der Waals surface area contributed by atoms with Gasteiger partial charge in [-0.2, -0.15) is 0 Å². The molecule has 0 unspecified atom stereocenters. The molecule has 0 bridgehead atoms. The van der Waals surface area contributed by atoms with Gasteiger partial charge in [-0.1, -0.05) is 73.5 Å². The lowest BCUT2D eigenvalue weighted by atomic mass is 10.0. The number of allylic oxidation sites excluding steroid dienone is 1. The third kappa shape index (κ3) is 4.57. The molecule has 0 N–H and O–H groups in total. The number of nitrogens with zero attached hydrogens (tertiary/aromatic N) is 1. The number of hydrogen-bond acceptors (Lipinski definition) is 4. The van der Waals surface area contributed by atoms with Crippen LogP contribution in [0.15, 0.2) is 96.6 Å². The van der Waals surface area contributed by atoms with Crippen LogP contribution in [0.2, 0.25) is 12.1 Å². The van der Waals surface area contributed by atoms with Crippen LogP contribution < -0.4 is 10.1 Å². The molecule has 0 spiro atoms. The van der Waals surface area contributed by atoms with Crippen molar-refractivity contribution >= 4 is 70.1 Å². The van der Waals surface area contributed by atoms with Gasteiger partial charge in [-0.05, 0) is 77.0 Å². The van der Waals surface area contributed by atoms with E-state index in [9.17, 15) is 14.0 Å². The van der Waals surface area contributed by atoms with Gasteiger partial charge in [0.2, 0.25) is 0 Å². The molecule has 0 amide bonds. The number of hydrogen-bond donors (Lipinski definition) is 0. The first kappa shape index (κ1) is 25.8. The van der Waals surface area contributed by atoms with E-state index in [4.69, 9.17) is 0 Å². The van der Waals surface area contributed by atoms with Crippen molar-refractivity contribution in [2.75, 3.05) is 4.90 Å². The fourth-order valence-electron chi connectivity index (χ4n) is 6.30. The van der Waals surface area contributed by atoms with E-state index in [-0.39, 0.29) is 23.0 Å². The maximum Gasteiger partial charge on any atom is 0.197 e. The molecule has 2 aliphatic rings. The average molecular weight is 574 g/mol. The third-order valence-corrected chi connectivity index (χ3v) is 13.0. The predicted molar refractivity (Wildman–Crippen MR) is 170 cm³/mol.